The van der Waals surface area contributed by atoms with Crippen LogP contribution in [0.3, 0.4) is 0 Å². The van der Waals surface area contributed by atoms with Gasteiger partial charge in [-0.05, 0) is 36.8 Å². The molecule has 8 nitrogen and oxygen atoms in total. The van der Waals surface area contributed by atoms with Gasteiger partial charge in [-0.15, -0.1) is 0 Å². The van der Waals surface area contributed by atoms with Crippen molar-refractivity contribution >= 4 is 34.8 Å². The van der Waals surface area contributed by atoms with Crippen molar-refractivity contribution in [1.82, 2.24) is 14.9 Å². The van der Waals surface area contributed by atoms with Crippen molar-refractivity contribution in [1.29, 1.82) is 0 Å². The van der Waals surface area contributed by atoms with Crippen LogP contribution in [0.2, 0.25) is 5.02 Å². The fourth-order valence-corrected chi connectivity index (χ4v) is 5.35. The molecule has 2 aromatic rings. The second-order valence-corrected chi connectivity index (χ2v) is 9.57. The number of carbonyl (C=O) groups excluding carboxylic acids is 2. The molecule has 0 spiro atoms. The number of nitrogens with zero attached hydrogens (tertiary/aromatic N) is 4. The van der Waals surface area contributed by atoms with Crippen molar-refractivity contribution in [2.75, 3.05) is 36.0 Å². The zero-order chi connectivity index (χ0) is 22.9. The van der Waals surface area contributed by atoms with Crippen LogP contribution in [0.1, 0.15) is 43.6 Å². The minimum Gasteiger partial charge on any atom is -0.367 e. The first-order chi connectivity index (χ1) is 16.0. The zero-order valence-electron chi connectivity index (χ0n) is 18.5. The van der Waals surface area contributed by atoms with E-state index in [2.05, 4.69) is 20.1 Å². The van der Waals surface area contributed by atoms with Gasteiger partial charge < -0.3 is 9.80 Å². The van der Waals surface area contributed by atoms with Crippen molar-refractivity contribution in [3.05, 3.63) is 51.7 Å². The van der Waals surface area contributed by atoms with Crippen LogP contribution in [0.5, 0.6) is 0 Å². The normalized spacial score (nSPS) is 21.7. The third-order valence-electron chi connectivity index (χ3n) is 7.15. The molecule has 1 N–H and O–H groups in total. The van der Waals surface area contributed by atoms with Gasteiger partial charge in [0.1, 0.15) is 5.69 Å². The van der Waals surface area contributed by atoms with Crippen LogP contribution in [0.25, 0.3) is 0 Å². The molecule has 1 aromatic heterocycles. The van der Waals surface area contributed by atoms with Crippen molar-refractivity contribution in [2.45, 2.75) is 44.6 Å². The van der Waals surface area contributed by atoms with E-state index < -0.39 is 5.92 Å². The number of piperazine rings is 1. The molecule has 2 amide bonds. The molecule has 0 radical (unpaired) electrons. The summed E-state index contributed by atoms with van der Waals surface area (Å²) in [7, 11) is 0. The maximum Gasteiger partial charge on any atom is 0.276 e. The minimum absolute atomic E-state index is 0.0308. The van der Waals surface area contributed by atoms with E-state index >= 15 is 0 Å². The number of piperidine rings is 1. The molecule has 1 aliphatic carbocycles. The van der Waals surface area contributed by atoms with Crippen LogP contribution in [0, 0.1) is 5.92 Å². The SMILES string of the molecule is O=C1CCC(c2cccc(N3CCN(c4cncn(CC5CCC5)c4=O)CC3)c2Cl)C(=O)N1. The maximum absolute atomic E-state index is 13.0. The molecule has 5 rings (SSSR count). The molecule has 1 atom stereocenters. The van der Waals surface area contributed by atoms with Crippen LogP contribution in [-0.4, -0.2) is 47.5 Å². The lowest BCUT2D eigenvalue weighted by molar-refractivity contribution is -0.134. The second-order valence-electron chi connectivity index (χ2n) is 9.19. The summed E-state index contributed by atoms with van der Waals surface area (Å²) in [6.07, 6.45) is 7.74. The predicted octanol–water partition coefficient (Wildman–Crippen LogP) is 2.54. The third kappa shape index (κ3) is 4.36. The topological polar surface area (TPSA) is 87.5 Å². The lowest BCUT2D eigenvalue weighted by atomic mass is 9.85. The Morgan fingerprint density at radius 3 is 2.39 bits per heavy atom. The Balaban J connectivity index is 1.29. The highest BCUT2D eigenvalue weighted by atomic mass is 35.5. The molecule has 33 heavy (non-hydrogen) atoms. The quantitative estimate of drug-likeness (QED) is 0.677. The van der Waals surface area contributed by atoms with Gasteiger partial charge >= 0.3 is 0 Å². The van der Waals surface area contributed by atoms with Gasteiger partial charge in [-0.3, -0.25) is 24.3 Å². The second kappa shape index (κ2) is 9.17. The summed E-state index contributed by atoms with van der Waals surface area (Å²) in [4.78, 5) is 45.5. The van der Waals surface area contributed by atoms with Gasteiger partial charge in [-0.25, -0.2) is 4.98 Å². The maximum atomic E-state index is 13.0. The number of hydrogen-bond donors (Lipinski definition) is 1. The summed E-state index contributed by atoms with van der Waals surface area (Å²) in [5, 5.41) is 2.97. The Labute approximate surface area is 197 Å². The molecule has 3 heterocycles. The van der Waals surface area contributed by atoms with E-state index in [1.54, 1.807) is 17.1 Å². The number of carbonyl (C=O) groups is 2. The summed E-state index contributed by atoms with van der Waals surface area (Å²) >= 11 is 6.76. The molecule has 1 aromatic carbocycles. The van der Waals surface area contributed by atoms with Gasteiger partial charge in [0.15, 0.2) is 0 Å². The molecule has 1 saturated carbocycles. The van der Waals surface area contributed by atoms with Crippen LogP contribution in [0.15, 0.2) is 35.5 Å². The molecular weight excluding hydrogens is 442 g/mol. The Bertz CT molecular complexity index is 1120. The molecule has 2 aliphatic heterocycles. The Kier molecular flexibility index (Phi) is 6.10. The molecule has 174 valence electrons. The van der Waals surface area contributed by atoms with Gasteiger partial charge in [0.05, 0.1) is 29.2 Å². The molecule has 3 fully saturated rings. The van der Waals surface area contributed by atoms with Crippen molar-refractivity contribution in [3.8, 4) is 0 Å². The largest absolute Gasteiger partial charge is 0.367 e. The molecule has 9 heteroatoms. The number of imide groups is 1. The van der Waals surface area contributed by atoms with Gasteiger partial charge in [-0.2, -0.15) is 0 Å². The van der Waals surface area contributed by atoms with E-state index in [1.807, 2.05) is 18.2 Å². The first kappa shape index (κ1) is 21.9. The molecule has 1 unspecified atom stereocenters. The number of halogens is 1. The van der Waals surface area contributed by atoms with Gasteiger partial charge in [-0.1, -0.05) is 30.2 Å². The number of hydrogen-bond acceptors (Lipinski definition) is 6. The zero-order valence-corrected chi connectivity index (χ0v) is 19.3. The summed E-state index contributed by atoms with van der Waals surface area (Å²) in [5.41, 5.74) is 2.32. The van der Waals surface area contributed by atoms with E-state index in [1.165, 1.54) is 19.3 Å². The molecule has 2 saturated heterocycles. The van der Waals surface area contributed by atoms with Crippen molar-refractivity contribution in [2.24, 2.45) is 5.92 Å². The smallest absolute Gasteiger partial charge is 0.276 e. The summed E-state index contributed by atoms with van der Waals surface area (Å²) < 4.78 is 1.76. The lowest BCUT2D eigenvalue weighted by Crippen LogP contribution is -2.48. The molecular formula is C24H28ClN5O3. The standard InChI is InChI=1S/C24H28ClN5O3/c25-22-17(18-7-8-21(31)27-23(18)32)5-2-6-19(22)28-9-11-29(12-10-28)20-13-26-15-30(24(20)33)14-16-3-1-4-16/h2,5-6,13,15-16,18H,1,3-4,7-12,14H2,(H,27,31,32). The Morgan fingerprint density at radius 2 is 1.73 bits per heavy atom. The van der Waals surface area contributed by atoms with Gasteiger partial charge in [0, 0.05) is 39.1 Å². The average molecular weight is 470 g/mol. The van der Waals surface area contributed by atoms with Gasteiger partial charge in [0.2, 0.25) is 11.8 Å². The van der Waals surface area contributed by atoms with Crippen LogP contribution >= 0.6 is 11.6 Å². The first-order valence-corrected chi connectivity index (χ1v) is 12.1. The fraction of sp³-hybridized carbons (Fsp3) is 0.500. The van der Waals surface area contributed by atoms with Crippen LogP contribution < -0.4 is 20.7 Å². The summed E-state index contributed by atoms with van der Waals surface area (Å²) in [6, 6.07) is 5.73. The van der Waals surface area contributed by atoms with Crippen LogP contribution in [0.4, 0.5) is 11.4 Å². The van der Waals surface area contributed by atoms with E-state index in [0.29, 0.717) is 55.6 Å². The number of benzene rings is 1. The van der Waals surface area contributed by atoms with Gasteiger partial charge in [0.25, 0.3) is 5.56 Å². The van der Waals surface area contributed by atoms with E-state index in [9.17, 15) is 14.4 Å². The Morgan fingerprint density at radius 1 is 1.00 bits per heavy atom. The van der Waals surface area contributed by atoms with Crippen LogP contribution in [-0.2, 0) is 16.1 Å². The minimum atomic E-state index is -0.416. The number of rotatable bonds is 5. The highest BCUT2D eigenvalue weighted by Crippen LogP contribution is 2.37. The van der Waals surface area contributed by atoms with E-state index in [4.69, 9.17) is 11.6 Å². The number of aromatic nitrogens is 2. The number of nitrogens with one attached hydrogen (secondary N) is 1. The third-order valence-corrected chi connectivity index (χ3v) is 7.56. The first-order valence-electron chi connectivity index (χ1n) is 11.7. The number of amides is 2. The molecule has 3 aliphatic rings. The average Bonchev–Trinajstić information content (AvgIpc) is 2.78. The monoisotopic (exact) mass is 469 g/mol. The predicted molar refractivity (Wildman–Crippen MR) is 127 cm³/mol. The Hall–Kier alpha value is -2.87. The molecule has 0 bridgehead atoms. The lowest BCUT2D eigenvalue weighted by Gasteiger charge is -2.38. The number of anilines is 2. The van der Waals surface area contributed by atoms with E-state index in [-0.39, 0.29) is 17.4 Å². The summed E-state index contributed by atoms with van der Waals surface area (Å²) in [6.45, 7) is 3.53. The summed E-state index contributed by atoms with van der Waals surface area (Å²) in [5.74, 6) is -0.344. The van der Waals surface area contributed by atoms with Crippen molar-refractivity contribution < 1.29 is 9.59 Å². The highest BCUT2D eigenvalue weighted by Gasteiger charge is 2.31. The highest BCUT2D eigenvalue weighted by molar-refractivity contribution is 6.34. The fourth-order valence-electron chi connectivity index (χ4n) is 4.97. The van der Waals surface area contributed by atoms with E-state index in [0.717, 1.165) is 17.8 Å². The van der Waals surface area contributed by atoms with Crippen molar-refractivity contribution in [3.63, 3.8) is 0 Å².